The lowest BCUT2D eigenvalue weighted by Gasteiger charge is -2.24. The van der Waals surface area contributed by atoms with Gasteiger partial charge in [-0.1, -0.05) is 30.3 Å². The molecule has 128 valence electrons. The third-order valence-electron chi connectivity index (χ3n) is 4.72. The van der Waals surface area contributed by atoms with E-state index in [1.807, 2.05) is 41.1 Å². The Labute approximate surface area is 147 Å². The van der Waals surface area contributed by atoms with Crippen molar-refractivity contribution in [1.29, 1.82) is 0 Å². The van der Waals surface area contributed by atoms with Gasteiger partial charge in [-0.3, -0.25) is 4.90 Å². The van der Waals surface area contributed by atoms with Crippen LogP contribution in [0.2, 0.25) is 0 Å². The molecule has 25 heavy (non-hydrogen) atoms. The quantitative estimate of drug-likeness (QED) is 0.717. The van der Waals surface area contributed by atoms with Gasteiger partial charge >= 0.3 is 0 Å². The van der Waals surface area contributed by atoms with Crippen molar-refractivity contribution in [3.63, 3.8) is 0 Å². The summed E-state index contributed by atoms with van der Waals surface area (Å²) in [7, 11) is 1.71. The van der Waals surface area contributed by atoms with Gasteiger partial charge in [-0.25, -0.2) is 0 Å². The molecule has 6 heteroatoms. The van der Waals surface area contributed by atoms with Crippen LogP contribution >= 0.6 is 0 Å². The molecule has 0 unspecified atom stereocenters. The molecule has 0 radical (unpaired) electrons. The van der Waals surface area contributed by atoms with Crippen LogP contribution in [0.5, 0.6) is 5.75 Å². The van der Waals surface area contributed by atoms with Crippen molar-refractivity contribution in [1.82, 2.24) is 25.1 Å². The molecule has 1 aliphatic heterocycles. The van der Waals surface area contributed by atoms with Gasteiger partial charge in [0.2, 0.25) is 0 Å². The second-order valence-corrected chi connectivity index (χ2v) is 6.25. The average Bonchev–Trinajstić information content (AvgIpc) is 3.32. The first-order chi connectivity index (χ1) is 12.3. The molecule has 6 nitrogen and oxygen atoms in total. The lowest BCUT2D eigenvalue weighted by molar-refractivity contribution is 0.240. The summed E-state index contributed by atoms with van der Waals surface area (Å²) in [5, 5.41) is 12.3. The molecule has 4 rings (SSSR count). The minimum atomic E-state index is 0.371. The van der Waals surface area contributed by atoms with E-state index in [9.17, 15) is 0 Å². The van der Waals surface area contributed by atoms with Crippen molar-refractivity contribution in [2.45, 2.75) is 25.4 Å². The summed E-state index contributed by atoms with van der Waals surface area (Å²) < 4.78 is 7.20. The van der Waals surface area contributed by atoms with Crippen molar-refractivity contribution in [3.8, 4) is 11.4 Å². The number of hydrogen-bond acceptors (Lipinski definition) is 5. The predicted molar refractivity (Wildman–Crippen MR) is 94.5 cm³/mol. The highest BCUT2D eigenvalue weighted by atomic mass is 16.5. The van der Waals surface area contributed by atoms with Crippen LogP contribution in [0.1, 0.15) is 30.3 Å². The third-order valence-corrected chi connectivity index (χ3v) is 4.72. The molecule has 1 atom stereocenters. The van der Waals surface area contributed by atoms with Crippen LogP contribution in [0.4, 0.5) is 0 Å². The Kier molecular flexibility index (Phi) is 4.43. The monoisotopic (exact) mass is 335 g/mol. The molecule has 0 bridgehead atoms. The molecule has 0 N–H and O–H groups in total. The van der Waals surface area contributed by atoms with Crippen molar-refractivity contribution in [2.75, 3.05) is 13.7 Å². The molecule has 3 aromatic rings. The SMILES string of the molecule is COc1cccc([C@@H]2CCCN2Cc2nnnn2-c2ccccc2)c1. The lowest BCUT2D eigenvalue weighted by Crippen LogP contribution is -2.24. The fourth-order valence-electron chi connectivity index (χ4n) is 3.50. The van der Waals surface area contributed by atoms with E-state index < -0.39 is 0 Å². The molecule has 1 saturated heterocycles. The van der Waals surface area contributed by atoms with E-state index in [-0.39, 0.29) is 0 Å². The summed E-state index contributed by atoms with van der Waals surface area (Å²) in [4.78, 5) is 2.44. The Bertz CT molecular complexity index is 833. The maximum absolute atomic E-state index is 5.38. The second-order valence-electron chi connectivity index (χ2n) is 6.25. The number of ether oxygens (including phenoxy) is 1. The third kappa shape index (κ3) is 3.25. The lowest BCUT2D eigenvalue weighted by atomic mass is 10.0. The zero-order chi connectivity index (χ0) is 17.1. The number of likely N-dealkylation sites (tertiary alicyclic amines) is 1. The van der Waals surface area contributed by atoms with Crippen LogP contribution in [-0.4, -0.2) is 38.8 Å². The van der Waals surface area contributed by atoms with E-state index in [1.165, 1.54) is 12.0 Å². The molecule has 0 saturated carbocycles. The maximum atomic E-state index is 5.38. The Morgan fingerprint density at radius 2 is 2.00 bits per heavy atom. The van der Waals surface area contributed by atoms with Crippen LogP contribution in [0, 0.1) is 0 Å². The van der Waals surface area contributed by atoms with Crippen LogP contribution in [0.3, 0.4) is 0 Å². The summed E-state index contributed by atoms with van der Waals surface area (Å²) in [5.41, 5.74) is 2.27. The molecule has 2 heterocycles. The van der Waals surface area contributed by atoms with Gasteiger partial charge in [0.25, 0.3) is 0 Å². The van der Waals surface area contributed by atoms with Crippen molar-refractivity contribution >= 4 is 0 Å². The zero-order valence-corrected chi connectivity index (χ0v) is 14.2. The van der Waals surface area contributed by atoms with Gasteiger partial charge in [-0.05, 0) is 59.6 Å². The summed E-state index contributed by atoms with van der Waals surface area (Å²) in [6, 6.07) is 18.7. The van der Waals surface area contributed by atoms with Gasteiger partial charge in [0, 0.05) is 6.04 Å². The van der Waals surface area contributed by atoms with Gasteiger partial charge in [0.1, 0.15) is 5.75 Å². The van der Waals surface area contributed by atoms with Crippen LogP contribution in [-0.2, 0) is 6.54 Å². The molecule has 1 aliphatic rings. The number of tetrazole rings is 1. The number of para-hydroxylation sites is 1. The predicted octanol–water partition coefficient (Wildman–Crippen LogP) is 3.01. The number of nitrogens with zero attached hydrogens (tertiary/aromatic N) is 5. The van der Waals surface area contributed by atoms with E-state index in [2.05, 4.69) is 38.6 Å². The molecule has 2 aromatic carbocycles. The first kappa shape index (κ1) is 15.8. The van der Waals surface area contributed by atoms with Gasteiger partial charge in [0.05, 0.1) is 19.3 Å². The number of benzene rings is 2. The van der Waals surface area contributed by atoms with Crippen molar-refractivity contribution in [3.05, 3.63) is 66.0 Å². The molecule has 0 spiro atoms. The fraction of sp³-hybridized carbons (Fsp3) is 0.316. The zero-order valence-electron chi connectivity index (χ0n) is 14.2. The minimum Gasteiger partial charge on any atom is -0.497 e. The summed E-state index contributed by atoms with van der Waals surface area (Å²) in [6.45, 7) is 1.77. The van der Waals surface area contributed by atoms with E-state index in [0.717, 1.165) is 36.8 Å². The normalized spacial score (nSPS) is 17.7. The molecule has 1 fully saturated rings. The molecule has 0 aliphatic carbocycles. The van der Waals surface area contributed by atoms with E-state index >= 15 is 0 Å². The molecular formula is C19H21N5O. The van der Waals surface area contributed by atoms with Crippen LogP contribution in [0.15, 0.2) is 54.6 Å². The number of methoxy groups -OCH3 is 1. The van der Waals surface area contributed by atoms with E-state index in [1.54, 1.807) is 7.11 Å². The standard InChI is InChI=1S/C19H21N5O/c1-25-17-10-5-7-15(13-17)18-11-6-12-23(18)14-19-20-21-22-24(19)16-8-3-2-4-9-16/h2-5,7-10,13,18H,6,11-12,14H2,1H3/t18-/m0/s1. The van der Waals surface area contributed by atoms with E-state index in [4.69, 9.17) is 4.74 Å². The van der Waals surface area contributed by atoms with Crippen LogP contribution in [0.25, 0.3) is 5.69 Å². The highest BCUT2D eigenvalue weighted by Crippen LogP contribution is 2.34. The number of hydrogen-bond donors (Lipinski definition) is 0. The Morgan fingerprint density at radius 3 is 2.84 bits per heavy atom. The Morgan fingerprint density at radius 1 is 1.12 bits per heavy atom. The smallest absolute Gasteiger partial charge is 0.170 e. The second kappa shape index (κ2) is 7.03. The topological polar surface area (TPSA) is 56.1 Å². The number of rotatable bonds is 5. The largest absolute Gasteiger partial charge is 0.497 e. The first-order valence-electron chi connectivity index (χ1n) is 8.56. The highest BCUT2D eigenvalue weighted by Gasteiger charge is 2.28. The summed E-state index contributed by atoms with van der Waals surface area (Å²) in [6.07, 6.45) is 2.31. The average molecular weight is 335 g/mol. The van der Waals surface area contributed by atoms with Gasteiger partial charge < -0.3 is 4.74 Å². The Hall–Kier alpha value is -2.73. The van der Waals surface area contributed by atoms with Crippen LogP contribution < -0.4 is 4.74 Å². The maximum Gasteiger partial charge on any atom is 0.170 e. The van der Waals surface area contributed by atoms with Gasteiger partial charge in [-0.15, -0.1) is 5.10 Å². The van der Waals surface area contributed by atoms with Gasteiger partial charge in [-0.2, -0.15) is 4.68 Å². The minimum absolute atomic E-state index is 0.371. The molecular weight excluding hydrogens is 314 g/mol. The summed E-state index contributed by atoms with van der Waals surface area (Å²) >= 11 is 0. The number of aromatic nitrogens is 4. The van der Waals surface area contributed by atoms with Gasteiger partial charge in [0.15, 0.2) is 5.82 Å². The molecule has 1 aromatic heterocycles. The van der Waals surface area contributed by atoms with Crippen molar-refractivity contribution in [2.24, 2.45) is 0 Å². The molecule has 0 amide bonds. The first-order valence-corrected chi connectivity index (χ1v) is 8.56. The fourth-order valence-corrected chi connectivity index (χ4v) is 3.50. The van der Waals surface area contributed by atoms with E-state index in [0.29, 0.717) is 6.04 Å². The van der Waals surface area contributed by atoms with Crippen molar-refractivity contribution < 1.29 is 4.74 Å². The Balaban J connectivity index is 1.57. The summed E-state index contributed by atoms with van der Waals surface area (Å²) in [5.74, 6) is 1.76. The highest BCUT2D eigenvalue weighted by molar-refractivity contribution is 5.32.